The molecule has 0 radical (unpaired) electrons. The second-order valence-electron chi connectivity index (χ2n) is 8.63. The average Bonchev–Trinajstić information content (AvgIpc) is 3.38. The van der Waals surface area contributed by atoms with Crippen molar-refractivity contribution in [2.75, 3.05) is 31.2 Å². The molecule has 5 rings (SSSR count). The van der Waals surface area contributed by atoms with E-state index in [4.69, 9.17) is 4.74 Å². The molecule has 0 bridgehead atoms. The summed E-state index contributed by atoms with van der Waals surface area (Å²) in [5, 5.41) is 7.10. The number of para-hydroxylation sites is 1. The van der Waals surface area contributed by atoms with E-state index in [-0.39, 0.29) is 30.6 Å². The van der Waals surface area contributed by atoms with Crippen molar-refractivity contribution in [2.45, 2.75) is 38.4 Å². The number of piperidine rings is 1. The van der Waals surface area contributed by atoms with Gasteiger partial charge in [0.15, 0.2) is 0 Å². The van der Waals surface area contributed by atoms with E-state index in [2.05, 4.69) is 15.5 Å². The molecule has 0 aliphatic carbocycles. The van der Waals surface area contributed by atoms with Gasteiger partial charge in [0.05, 0.1) is 31.7 Å². The molecule has 1 atom stereocenters. The zero-order chi connectivity index (χ0) is 23.7. The number of nitrogens with zero attached hydrogens (tertiary/aromatic N) is 2. The van der Waals surface area contributed by atoms with Crippen LogP contribution >= 0.6 is 11.3 Å². The molecule has 3 aliphatic heterocycles. The Kier molecular flexibility index (Phi) is 6.34. The quantitative estimate of drug-likeness (QED) is 0.600. The standard InChI is InChI=1S/C24H26N4O5S/c29-21-6-5-19(23(31)26-21)28-13-16-17(24(28)32)14-34-20(16)12-25-22(30)11-15-3-1-2-4-18(15)27-7-9-33-10-8-27/h1-4,14,19H,5-13H2,(H,25,30)(H,26,29,31). The minimum absolute atomic E-state index is 0.0887. The summed E-state index contributed by atoms with van der Waals surface area (Å²) in [5.74, 6) is -1.01. The number of nitrogens with one attached hydrogen (secondary N) is 2. The van der Waals surface area contributed by atoms with Gasteiger partial charge in [0.1, 0.15) is 6.04 Å². The lowest BCUT2D eigenvalue weighted by molar-refractivity contribution is -0.137. The van der Waals surface area contributed by atoms with Gasteiger partial charge in [-0.15, -0.1) is 11.3 Å². The molecule has 0 spiro atoms. The maximum Gasteiger partial charge on any atom is 0.256 e. The maximum atomic E-state index is 12.9. The first-order valence-corrected chi connectivity index (χ1v) is 12.3. The number of benzene rings is 1. The van der Waals surface area contributed by atoms with Crippen molar-refractivity contribution in [1.82, 2.24) is 15.5 Å². The van der Waals surface area contributed by atoms with Gasteiger partial charge in [0.25, 0.3) is 5.91 Å². The van der Waals surface area contributed by atoms with E-state index in [9.17, 15) is 19.2 Å². The van der Waals surface area contributed by atoms with Crippen LogP contribution in [0.4, 0.5) is 5.69 Å². The zero-order valence-electron chi connectivity index (χ0n) is 18.7. The molecule has 178 valence electrons. The minimum atomic E-state index is -0.637. The number of carbonyl (C=O) groups excluding carboxylic acids is 4. The number of hydrogen-bond acceptors (Lipinski definition) is 7. The monoisotopic (exact) mass is 482 g/mol. The highest BCUT2D eigenvalue weighted by atomic mass is 32.1. The highest BCUT2D eigenvalue weighted by Crippen LogP contribution is 2.33. The van der Waals surface area contributed by atoms with Crippen LogP contribution in [-0.4, -0.2) is 60.9 Å². The Morgan fingerprint density at radius 2 is 1.97 bits per heavy atom. The van der Waals surface area contributed by atoms with Crippen LogP contribution in [0.25, 0.3) is 0 Å². The SMILES string of the molecule is O=C(Cc1ccccc1N1CCOCC1)NCc1scc2c1CN(C1CCC(=O)NC1=O)C2=O. The summed E-state index contributed by atoms with van der Waals surface area (Å²) in [6.45, 7) is 3.61. The van der Waals surface area contributed by atoms with Crippen LogP contribution in [0.5, 0.6) is 0 Å². The fraction of sp³-hybridized carbons (Fsp3) is 0.417. The van der Waals surface area contributed by atoms with E-state index in [0.717, 1.165) is 34.8 Å². The van der Waals surface area contributed by atoms with Crippen molar-refractivity contribution < 1.29 is 23.9 Å². The molecular weight excluding hydrogens is 456 g/mol. The maximum absolute atomic E-state index is 12.9. The Balaban J connectivity index is 1.22. The fourth-order valence-electron chi connectivity index (χ4n) is 4.74. The van der Waals surface area contributed by atoms with Crippen molar-refractivity contribution in [3.05, 3.63) is 51.2 Å². The average molecular weight is 483 g/mol. The Labute approximate surface area is 201 Å². The summed E-state index contributed by atoms with van der Waals surface area (Å²) in [5.41, 5.74) is 3.46. The lowest BCUT2D eigenvalue weighted by Gasteiger charge is -2.30. The highest BCUT2D eigenvalue weighted by molar-refractivity contribution is 7.10. The van der Waals surface area contributed by atoms with Gasteiger partial charge in [-0.3, -0.25) is 24.5 Å². The minimum Gasteiger partial charge on any atom is -0.378 e. The molecule has 2 N–H and O–H groups in total. The molecule has 1 aromatic carbocycles. The lowest BCUT2D eigenvalue weighted by Crippen LogP contribution is -2.52. The predicted octanol–water partition coefficient (Wildman–Crippen LogP) is 1.20. The summed E-state index contributed by atoms with van der Waals surface area (Å²) in [6, 6.07) is 7.29. The van der Waals surface area contributed by atoms with Crippen LogP contribution in [0, 0.1) is 0 Å². The second kappa shape index (κ2) is 9.55. The second-order valence-corrected chi connectivity index (χ2v) is 9.60. The predicted molar refractivity (Wildman–Crippen MR) is 125 cm³/mol. The van der Waals surface area contributed by atoms with Crippen molar-refractivity contribution in [3.63, 3.8) is 0 Å². The molecule has 34 heavy (non-hydrogen) atoms. The number of imide groups is 1. The van der Waals surface area contributed by atoms with E-state index in [1.807, 2.05) is 24.3 Å². The Bertz CT molecular complexity index is 1140. The summed E-state index contributed by atoms with van der Waals surface area (Å²) in [6.07, 6.45) is 0.822. The van der Waals surface area contributed by atoms with Gasteiger partial charge in [0, 0.05) is 42.0 Å². The van der Waals surface area contributed by atoms with Crippen molar-refractivity contribution in [2.24, 2.45) is 0 Å². The third kappa shape index (κ3) is 4.43. The number of fused-ring (bicyclic) bond motifs is 1. The highest BCUT2D eigenvalue weighted by Gasteiger charge is 2.40. The van der Waals surface area contributed by atoms with Gasteiger partial charge in [0.2, 0.25) is 17.7 Å². The largest absolute Gasteiger partial charge is 0.378 e. The summed E-state index contributed by atoms with van der Waals surface area (Å²) >= 11 is 1.44. The molecule has 4 heterocycles. The van der Waals surface area contributed by atoms with Gasteiger partial charge in [-0.05, 0) is 23.6 Å². The molecule has 2 fully saturated rings. The van der Waals surface area contributed by atoms with Crippen molar-refractivity contribution in [1.29, 1.82) is 0 Å². The van der Waals surface area contributed by atoms with Gasteiger partial charge in [-0.1, -0.05) is 18.2 Å². The molecule has 2 saturated heterocycles. The molecule has 4 amide bonds. The summed E-state index contributed by atoms with van der Waals surface area (Å²) in [7, 11) is 0. The number of rotatable bonds is 6. The number of ether oxygens (including phenoxy) is 1. The number of morpholine rings is 1. The van der Waals surface area contributed by atoms with Crippen molar-refractivity contribution in [3.8, 4) is 0 Å². The van der Waals surface area contributed by atoms with Crippen LogP contribution in [0.1, 0.15) is 39.2 Å². The molecule has 10 heteroatoms. The molecular formula is C24H26N4O5S. The van der Waals surface area contributed by atoms with E-state index < -0.39 is 11.9 Å². The summed E-state index contributed by atoms with van der Waals surface area (Å²) < 4.78 is 5.44. The van der Waals surface area contributed by atoms with Gasteiger partial charge >= 0.3 is 0 Å². The fourth-order valence-corrected chi connectivity index (χ4v) is 5.71. The first-order valence-electron chi connectivity index (χ1n) is 11.4. The van der Waals surface area contributed by atoms with Gasteiger partial charge in [-0.2, -0.15) is 0 Å². The first-order chi connectivity index (χ1) is 16.5. The molecule has 3 aliphatic rings. The van der Waals surface area contributed by atoms with Crippen LogP contribution in [-0.2, 0) is 38.6 Å². The number of carbonyl (C=O) groups is 4. The lowest BCUT2D eigenvalue weighted by atomic mass is 10.0. The Morgan fingerprint density at radius 1 is 1.18 bits per heavy atom. The van der Waals surface area contributed by atoms with Crippen molar-refractivity contribution >= 4 is 40.7 Å². The molecule has 1 aromatic heterocycles. The number of anilines is 1. The zero-order valence-corrected chi connectivity index (χ0v) is 19.5. The number of amides is 4. The third-order valence-electron chi connectivity index (χ3n) is 6.53. The van der Waals surface area contributed by atoms with Crippen LogP contribution in [0.3, 0.4) is 0 Å². The first kappa shape index (κ1) is 22.5. The number of hydrogen-bond donors (Lipinski definition) is 2. The Morgan fingerprint density at radius 3 is 2.76 bits per heavy atom. The molecule has 9 nitrogen and oxygen atoms in total. The topological polar surface area (TPSA) is 108 Å². The van der Waals surface area contributed by atoms with E-state index in [1.165, 1.54) is 16.2 Å². The van der Waals surface area contributed by atoms with E-state index in [0.29, 0.717) is 38.3 Å². The normalized spacial score (nSPS) is 20.4. The number of thiophene rings is 1. The van der Waals surface area contributed by atoms with E-state index in [1.54, 1.807) is 5.38 Å². The third-order valence-corrected chi connectivity index (χ3v) is 7.56. The smallest absolute Gasteiger partial charge is 0.256 e. The molecule has 1 unspecified atom stereocenters. The van der Waals surface area contributed by atoms with Crippen LogP contribution < -0.4 is 15.5 Å². The summed E-state index contributed by atoms with van der Waals surface area (Å²) in [4.78, 5) is 54.0. The van der Waals surface area contributed by atoms with Gasteiger partial charge < -0.3 is 19.9 Å². The van der Waals surface area contributed by atoms with Crippen LogP contribution in [0.15, 0.2) is 29.6 Å². The molecule has 2 aromatic rings. The Hall–Kier alpha value is -3.24. The molecule has 0 saturated carbocycles. The van der Waals surface area contributed by atoms with Crippen LogP contribution in [0.2, 0.25) is 0 Å². The van der Waals surface area contributed by atoms with Gasteiger partial charge in [-0.25, -0.2) is 0 Å². The van der Waals surface area contributed by atoms with E-state index >= 15 is 0 Å².